The van der Waals surface area contributed by atoms with Gasteiger partial charge in [-0.25, -0.2) is 9.36 Å². The maximum absolute atomic E-state index is 13.1. The molecule has 1 aromatic carbocycles. The maximum Gasteiger partial charge on any atom is 0.417 e. The SMILES string of the molecule is NCCC[n+]1ccc(SCC2=C(C(=O)O)N3C(=O)[C@H](NC(=O)CSc4cccc(C(F)(F)F)c4Cl)[C@H]3SC2)cc1. The van der Waals surface area contributed by atoms with Gasteiger partial charge in [-0.2, -0.15) is 13.2 Å². The van der Waals surface area contributed by atoms with E-state index in [2.05, 4.69) is 5.32 Å². The van der Waals surface area contributed by atoms with Gasteiger partial charge in [-0.05, 0) is 24.3 Å². The average Bonchev–Trinajstić information content (AvgIpc) is 2.92. The van der Waals surface area contributed by atoms with Crippen molar-refractivity contribution in [2.24, 2.45) is 5.73 Å². The van der Waals surface area contributed by atoms with Gasteiger partial charge in [-0.1, -0.05) is 17.7 Å². The quantitative estimate of drug-likeness (QED) is 0.195. The van der Waals surface area contributed by atoms with Gasteiger partial charge in [0, 0.05) is 39.9 Å². The second-order valence-corrected chi connectivity index (χ2v) is 12.4. The van der Waals surface area contributed by atoms with E-state index in [1.54, 1.807) is 0 Å². The molecule has 214 valence electrons. The lowest BCUT2D eigenvalue weighted by atomic mass is 10.0. The summed E-state index contributed by atoms with van der Waals surface area (Å²) in [6.45, 7) is 1.40. The fourth-order valence-electron chi connectivity index (χ4n) is 4.13. The van der Waals surface area contributed by atoms with Crippen LogP contribution in [0.2, 0.25) is 5.02 Å². The number of aliphatic carboxylic acids is 1. The number of hydrogen-bond donors (Lipinski definition) is 3. The van der Waals surface area contributed by atoms with Crippen LogP contribution in [-0.2, 0) is 27.1 Å². The number of alkyl halides is 3. The van der Waals surface area contributed by atoms with Crippen LogP contribution in [0.5, 0.6) is 0 Å². The molecule has 1 saturated heterocycles. The molecule has 0 unspecified atom stereocenters. The Morgan fingerprint density at radius 2 is 1.95 bits per heavy atom. The molecule has 40 heavy (non-hydrogen) atoms. The van der Waals surface area contributed by atoms with Crippen molar-refractivity contribution >= 4 is 64.7 Å². The molecule has 0 spiro atoms. The van der Waals surface area contributed by atoms with Crippen LogP contribution >= 0.6 is 46.9 Å². The van der Waals surface area contributed by atoms with E-state index in [4.69, 9.17) is 17.3 Å². The number of nitrogens with one attached hydrogen (secondary N) is 1. The first-order valence-corrected chi connectivity index (χ1v) is 15.4. The first kappa shape index (κ1) is 30.6. The number of halogens is 4. The minimum atomic E-state index is -4.63. The molecular formula is C25H25ClF3N4O4S3+. The Kier molecular flexibility index (Phi) is 9.98. The molecule has 4 rings (SSSR count). The lowest BCUT2D eigenvalue weighted by molar-refractivity contribution is -0.697. The molecule has 2 aromatic rings. The average molecular weight is 634 g/mol. The van der Waals surface area contributed by atoms with Crippen molar-refractivity contribution < 1.29 is 37.2 Å². The zero-order chi connectivity index (χ0) is 29.0. The monoisotopic (exact) mass is 633 g/mol. The van der Waals surface area contributed by atoms with Gasteiger partial charge in [0.2, 0.25) is 5.91 Å². The molecular weight excluding hydrogens is 609 g/mol. The molecule has 0 aliphatic carbocycles. The van der Waals surface area contributed by atoms with Crippen LogP contribution < -0.4 is 15.6 Å². The molecule has 2 amide bonds. The second kappa shape index (κ2) is 13.1. The van der Waals surface area contributed by atoms with Crippen molar-refractivity contribution in [3.05, 3.63) is 64.6 Å². The zero-order valence-corrected chi connectivity index (χ0v) is 24.0. The largest absolute Gasteiger partial charge is 0.477 e. The molecule has 0 bridgehead atoms. The van der Waals surface area contributed by atoms with E-state index in [0.717, 1.165) is 35.7 Å². The fourth-order valence-corrected chi connectivity index (χ4v) is 7.67. The number of hydrogen-bond acceptors (Lipinski definition) is 7. The van der Waals surface area contributed by atoms with E-state index in [0.29, 0.717) is 23.6 Å². The van der Waals surface area contributed by atoms with E-state index in [9.17, 15) is 32.7 Å². The van der Waals surface area contributed by atoms with E-state index in [-0.39, 0.29) is 16.3 Å². The number of nitrogens with two attached hydrogens (primary N) is 1. The third-order valence-electron chi connectivity index (χ3n) is 6.09. The molecule has 2 aliphatic heterocycles. The van der Waals surface area contributed by atoms with Gasteiger partial charge in [-0.15, -0.1) is 35.3 Å². The third kappa shape index (κ3) is 6.90. The van der Waals surface area contributed by atoms with Gasteiger partial charge in [0.25, 0.3) is 5.91 Å². The third-order valence-corrected chi connectivity index (χ3v) is 10.1. The molecule has 1 fully saturated rings. The zero-order valence-electron chi connectivity index (χ0n) is 20.8. The van der Waals surface area contributed by atoms with Crippen LogP contribution in [0.3, 0.4) is 0 Å². The number of thioether (sulfide) groups is 3. The number of carboxylic acids is 1. The first-order chi connectivity index (χ1) is 19.0. The smallest absolute Gasteiger partial charge is 0.417 e. The van der Waals surface area contributed by atoms with Crippen molar-refractivity contribution in [1.29, 1.82) is 0 Å². The van der Waals surface area contributed by atoms with E-state index >= 15 is 0 Å². The molecule has 8 nitrogen and oxygen atoms in total. The Bertz CT molecular complexity index is 1330. The number of rotatable bonds is 11. The van der Waals surface area contributed by atoms with E-state index in [1.807, 2.05) is 29.1 Å². The van der Waals surface area contributed by atoms with Gasteiger partial charge in [-0.3, -0.25) is 14.5 Å². The predicted octanol–water partition coefficient (Wildman–Crippen LogP) is 3.62. The minimum absolute atomic E-state index is 0.0780. The number of nitrogens with zero attached hydrogens (tertiary/aromatic N) is 2. The topological polar surface area (TPSA) is 117 Å². The highest BCUT2D eigenvalue weighted by Gasteiger charge is 2.54. The number of carbonyl (C=O) groups is 3. The van der Waals surface area contributed by atoms with Crippen molar-refractivity contribution in [2.45, 2.75) is 40.3 Å². The number of carbonyl (C=O) groups excluding carboxylic acids is 2. The summed E-state index contributed by atoms with van der Waals surface area (Å²) in [7, 11) is 0. The van der Waals surface area contributed by atoms with Gasteiger partial charge in [0.05, 0.1) is 16.3 Å². The number of benzene rings is 1. The Hall–Kier alpha value is -2.39. The Morgan fingerprint density at radius 3 is 2.60 bits per heavy atom. The van der Waals surface area contributed by atoms with Crippen LogP contribution in [-0.4, -0.2) is 63.0 Å². The number of amides is 2. The molecule has 2 aliphatic rings. The summed E-state index contributed by atoms with van der Waals surface area (Å²) in [5.41, 5.74) is 5.07. The molecule has 15 heteroatoms. The Labute approximate surface area is 245 Å². The highest BCUT2D eigenvalue weighted by Crippen LogP contribution is 2.42. The highest BCUT2D eigenvalue weighted by molar-refractivity contribution is 8.01. The van der Waals surface area contributed by atoms with Gasteiger partial charge in [0.15, 0.2) is 12.4 Å². The Balaban J connectivity index is 1.36. The van der Waals surface area contributed by atoms with Crippen molar-refractivity contribution in [3.63, 3.8) is 0 Å². The number of carboxylic acid groups (broad SMARTS) is 1. The molecule has 2 atom stereocenters. The summed E-state index contributed by atoms with van der Waals surface area (Å²) in [6.07, 6.45) is 0.0960. The summed E-state index contributed by atoms with van der Waals surface area (Å²) in [5.74, 6) is -1.87. The molecule has 0 saturated carbocycles. The number of fused-ring (bicyclic) bond motifs is 1. The second-order valence-electron chi connectivity index (χ2n) is 8.82. The van der Waals surface area contributed by atoms with Crippen LogP contribution in [0.1, 0.15) is 12.0 Å². The normalized spacial score (nSPS) is 18.8. The lowest BCUT2D eigenvalue weighted by Crippen LogP contribution is -2.70. The van der Waals surface area contributed by atoms with Crippen LogP contribution in [0.25, 0.3) is 0 Å². The minimum Gasteiger partial charge on any atom is -0.477 e. The van der Waals surface area contributed by atoms with E-state index < -0.39 is 46.0 Å². The number of aryl methyl sites for hydroxylation is 1. The number of aromatic nitrogens is 1. The first-order valence-electron chi connectivity index (χ1n) is 12.0. The summed E-state index contributed by atoms with van der Waals surface area (Å²) < 4.78 is 41.3. The van der Waals surface area contributed by atoms with Gasteiger partial charge < -0.3 is 16.2 Å². The van der Waals surface area contributed by atoms with Crippen LogP contribution in [0.4, 0.5) is 13.2 Å². The van der Waals surface area contributed by atoms with Crippen LogP contribution in [0.15, 0.2) is 63.8 Å². The summed E-state index contributed by atoms with van der Waals surface area (Å²) in [6, 6.07) is 6.37. The molecule has 3 heterocycles. The van der Waals surface area contributed by atoms with Crippen molar-refractivity contribution in [1.82, 2.24) is 10.2 Å². The summed E-state index contributed by atoms with van der Waals surface area (Å²) >= 11 is 9.51. The van der Waals surface area contributed by atoms with Crippen LogP contribution in [0, 0.1) is 0 Å². The number of β-lactam (4-membered cyclic amide) rings is 1. The lowest BCUT2D eigenvalue weighted by Gasteiger charge is -2.49. The predicted molar refractivity (Wildman–Crippen MR) is 148 cm³/mol. The fraction of sp³-hybridized carbons (Fsp3) is 0.360. The summed E-state index contributed by atoms with van der Waals surface area (Å²) in [5, 5.41) is 11.4. The highest BCUT2D eigenvalue weighted by atomic mass is 35.5. The molecule has 1 aromatic heterocycles. The van der Waals surface area contributed by atoms with Gasteiger partial charge >= 0.3 is 12.1 Å². The van der Waals surface area contributed by atoms with Crippen molar-refractivity contribution in [3.8, 4) is 0 Å². The van der Waals surface area contributed by atoms with Crippen molar-refractivity contribution in [2.75, 3.05) is 23.8 Å². The summed E-state index contributed by atoms with van der Waals surface area (Å²) in [4.78, 5) is 39.8. The number of pyridine rings is 1. The molecule has 4 N–H and O–H groups in total. The standard InChI is InChI=1S/C25H24ClF3N4O4S3/c26-19-16(25(27,28)29)3-1-4-17(19)39-13-18(34)31-20-22(35)33-21(24(36)37)14(12-40-23(20)33)11-38-15-5-9-32(10-6-15)8-2-7-30/h1,3-6,9-10,20,23H,2,7-8,11-13,30H2,(H-,31,34,36,37)/p+1/t20-,23+/m0/s1. The van der Waals surface area contributed by atoms with Gasteiger partial charge in [0.1, 0.15) is 23.7 Å². The van der Waals surface area contributed by atoms with E-state index in [1.165, 1.54) is 40.6 Å². The molecule has 0 radical (unpaired) electrons. The Morgan fingerprint density at radius 1 is 1.23 bits per heavy atom. The maximum atomic E-state index is 13.1.